The van der Waals surface area contributed by atoms with Crippen LogP contribution in [0.2, 0.25) is 0 Å². The molecule has 2 unspecified atom stereocenters. The Morgan fingerprint density at radius 1 is 1.37 bits per heavy atom. The Balaban J connectivity index is 2.29. The van der Waals surface area contributed by atoms with E-state index >= 15 is 0 Å². The average Bonchev–Trinajstić information content (AvgIpc) is 2.50. The Hall–Kier alpha value is -1.46. The molecule has 2 atom stereocenters. The van der Waals surface area contributed by atoms with Gasteiger partial charge in [0.25, 0.3) is 0 Å². The molecule has 0 radical (unpaired) electrons. The van der Waals surface area contributed by atoms with E-state index in [1.807, 2.05) is 11.9 Å². The highest BCUT2D eigenvalue weighted by Crippen LogP contribution is 2.22. The third-order valence-electron chi connectivity index (χ3n) is 3.87. The fourth-order valence-corrected chi connectivity index (χ4v) is 2.44. The molecule has 19 heavy (non-hydrogen) atoms. The Kier molecular flexibility index (Phi) is 4.17. The summed E-state index contributed by atoms with van der Waals surface area (Å²) in [6, 6.07) is 5.99. The van der Waals surface area contributed by atoms with Crippen molar-refractivity contribution in [2.75, 3.05) is 25.0 Å². The zero-order valence-electron chi connectivity index (χ0n) is 11.3. The summed E-state index contributed by atoms with van der Waals surface area (Å²) < 4.78 is 13.0. The van der Waals surface area contributed by atoms with E-state index in [9.17, 15) is 9.18 Å². The van der Waals surface area contributed by atoms with Crippen molar-refractivity contribution in [3.63, 3.8) is 0 Å². The largest absolute Gasteiger partial charge is 0.328 e. The molecular formula is C14H20FN3O. The number of carbonyl (C=O) groups excluding carboxylic acids is 1. The first-order chi connectivity index (χ1) is 9.04. The molecule has 0 aliphatic carbocycles. The Morgan fingerprint density at radius 2 is 2.00 bits per heavy atom. The molecule has 1 heterocycles. The Labute approximate surface area is 113 Å². The maximum atomic E-state index is 13.0. The summed E-state index contributed by atoms with van der Waals surface area (Å²) in [5.74, 6) is -0.312. The number of benzene rings is 1. The van der Waals surface area contributed by atoms with E-state index in [0.717, 1.165) is 12.1 Å². The van der Waals surface area contributed by atoms with Crippen molar-refractivity contribution in [2.45, 2.75) is 25.4 Å². The summed E-state index contributed by atoms with van der Waals surface area (Å²) in [6.07, 6.45) is 0.871. The van der Waals surface area contributed by atoms with E-state index in [2.05, 4.69) is 6.92 Å². The van der Waals surface area contributed by atoms with Crippen molar-refractivity contribution in [3.05, 3.63) is 30.1 Å². The summed E-state index contributed by atoms with van der Waals surface area (Å²) in [7, 11) is 1.92. The third-order valence-corrected chi connectivity index (χ3v) is 3.87. The van der Waals surface area contributed by atoms with Crippen LogP contribution in [0, 0.1) is 5.82 Å². The highest BCUT2D eigenvalue weighted by atomic mass is 19.1. The van der Waals surface area contributed by atoms with E-state index in [1.54, 1.807) is 17.0 Å². The van der Waals surface area contributed by atoms with Crippen LogP contribution in [0.1, 0.15) is 13.3 Å². The number of carbonyl (C=O) groups is 1. The highest BCUT2D eigenvalue weighted by molar-refractivity contribution is 5.97. The molecule has 1 aromatic carbocycles. The molecule has 1 amide bonds. The first-order valence-corrected chi connectivity index (χ1v) is 6.53. The van der Waals surface area contributed by atoms with Crippen molar-refractivity contribution >= 4 is 11.6 Å². The number of anilines is 1. The van der Waals surface area contributed by atoms with Gasteiger partial charge >= 0.3 is 0 Å². The van der Waals surface area contributed by atoms with Gasteiger partial charge in [-0.15, -0.1) is 0 Å². The van der Waals surface area contributed by atoms with Crippen LogP contribution in [0.25, 0.3) is 0 Å². The van der Waals surface area contributed by atoms with Gasteiger partial charge in [0, 0.05) is 24.8 Å². The minimum atomic E-state index is -0.317. The van der Waals surface area contributed by atoms with Crippen molar-refractivity contribution in [1.82, 2.24) is 4.90 Å². The SMILES string of the molecule is CC1CCN(c2ccc(F)cc2)C(=O)C(CN)N1C. The highest BCUT2D eigenvalue weighted by Gasteiger charge is 2.33. The number of likely N-dealkylation sites (N-methyl/N-ethyl adjacent to an activating group) is 1. The van der Waals surface area contributed by atoms with Crippen LogP contribution in [-0.2, 0) is 4.79 Å². The quantitative estimate of drug-likeness (QED) is 0.874. The van der Waals surface area contributed by atoms with Gasteiger partial charge in [0.15, 0.2) is 0 Å². The molecule has 104 valence electrons. The van der Waals surface area contributed by atoms with Crippen LogP contribution >= 0.6 is 0 Å². The van der Waals surface area contributed by atoms with Gasteiger partial charge in [0.05, 0.1) is 0 Å². The molecule has 1 saturated heterocycles. The van der Waals surface area contributed by atoms with Gasteiger partial charge in [-0.25, -0.2) is 4.39 Å². The summed E-state index contributed by atoms with van der Waals surface area (Å²) in [4.78, 5) is 16.3. The number of hydrogen-bond donors (Lipinski definition) is 1. The molecule has 0 spiro atoms. The summed E-state index contributed by atoms with van der Waals surface area (Å²) in [5, 5.41) is 0. The van der Waals surface area contributed by atoms with Crippen LogP contribution in [0.4, 0.5) is 10.1 Å². The lowest BCUT2D eigenvalue weighted by Crippen LogP contribution is -2.50. The minimum Gasteiger partial charge on any atom is -0.328 e. The van der Waals surface area contributed by atoms with Gasteiger partial charge in [0.2, 0.25) is 5.91 Å². The van der Waals surface area contributed by atoms with Gasteiger partial charge in [-0.1, -0.05) is 0 Å². The van der Waals surface area contributed by atoms with E-state index in [0.29, 0.717) is 12.6 Å². The van der Waals surface area contributed by atoms with Crippen molar-refractivity contribution in [2.24, 2.45) is 5.73 Å². The van der Waals surface area contributed by atoms with Gasteiger partial charge in [-0.2, -0.15) is 0 Å². The van der Waals surface area contributed by atoms with Crippen molar-refractivity contribution in [3.8, 4) is 0 Å². The normalized spacial score (nSPS) is 25.5. The zero-order chi connectivity index (χ0) is 14.0. The van der Waals surface area contributed by atoms with Crippen molar-refractivity contribution in [1.29, 1.82) is 0 Å². The second kappa shape index (κ2) is 5.67. The van der Waals surface area contributed by atoms with E-state index in [1.165, 1.54) is 12.1 Å². The number of halogens is 1. The number of rotatable bonds is 2. The van der Waals surface area contributed by atoms with Crippen LogP contribution in [0.15, 0.2) is 24.3 Å². The molecule has 1 aliphatic heterocycles. The molecule has 2 N–H and O–H groups in total. The fourth-order valence-electron chi connectivity index (χ4n) is 2.44. The molecule has 0 bridgehead atoms. The van der Waals surface area contributed by atoms with Crippen molar-refractivity contribution < 1.29 is 9.18 Å². The second-order valence-electron chi connectivity index (χ2n) is 5.02. The predicted molar refractivity (Wildman–Crippen MR) is 73.4 cm³/mol. The maximum Gasteiger partial charge on any atom is 0.245 e. The van der Waals surface area contributed by atoms with E-state index < -0.39 is 0 Å². The van der Waals surface area contributed by atoms with Crippen LogP contribution in [0.5, 0.6) is 0 Å². The van der Waals surface area contributed by atoms with Crippen LogP contribution < -0.4 is 10.6 Å². The number of hydrogen-bond acceptors (Lipinski definition) is 3. The molecule has 1 aromatic rings. The monoisotopic (exact) mass is 265 g/mol. The number of nitrogens with two attached hydrogens (primary N) is 1. The molecular weight excluding hydrogens is 245 g/mol. The molecule has 1 aliphatic rings. The molecule has 2 rings (SSSR count). The molecule has 1 fully saturated rings. The Bertz CT molecular complexity index is 449. The first kappa shape index (κ1) is 14.0. The van der Waals surface area contributed by atoms with Gasteiger partial charge < -0.3 is 10.6 Å². The second-order valence-corrected chi connectivity index (χ2v) is 5.02. The molecule has 0 aromatic heterocycles. The Morgan fingerprint density at radius 3 is 2.58 bits per heavy atom. The number of nitrogens with zero attached hydrogens (tertiary/aromatic N) is 2. The van der Waals surface area contributed by atoms with Gasteiger partial charge in [-0.3, -0.25) is 9.69 Å². The summed E-state index contributed by atoms with van der Waals surface area (Å²) in [5.41, 5.74) is 6.46. The fraction of sp³-hybridized carbons (Fsp3) is 0.500. The molecule has 5 heteroatoms. The lowest BCUT2D eigenvalue weighted by atomic mass is 10.2. The lowest BCUT2D eigenvalue weighted by Gasteiger charge is -2.29. The lowest BCUT2D eigenvalue weighted by molar-refractivity contribution is -0.122. The minimum absolute atomic E-state index is 0.0130. The van der Waals surface area contributed by atoms with E-state index in [-0.39, 0.29) is 24.3 Å². The van der Waals surface area contributed by atoms with Gasteiger partial charge in [-0.05, 0) is 44.7 Å². The predicted octanol–water partition coefficient (Wildman–Crippen LogP) is 1.21. The summed E-state index contributed by atoms with van der Waals surface area (Å²) in [6.45, 7) is 3.01. The van der Waals surface area contributed by atoms with Crippen LogP contribution in [-0.4, -0.2) is 43.0 Å². The molecule has 0 saturated carbocycles. The zero-order valence-corrected chi connectivity index (χ0v) is 11.3. The third kappa shape index (κ3) is 2.77. The van der Waals surface area contributed by atoms with Crippen LogP contribution in [0.3, 0.4) is 0 Å². The topological polar surface area (TPSA) is 49.6 Å². The standard InChI is InChI=1S/C14H20FN3O/c1-10-7-8-18(12-5-3-11(15)4-6-12)14(19)13(9-16)17(10)2/h3-6,10,13H,7-9,16H2,1-2H3. The smallest absolute Gasteiger partial charge is 0.245 e. The first-order valence-electron chi connectivity index (χ1n) is 6.53. The molecule has 4 nitrogen and oxygen atoms in total. The maximum absolute atomic E-state index is 13.0. The average molecular weight is 265 g/mol. The summed E-state index contributed by atoms with van der Waals surface area (Å²) >= 11 is 0. The number of amides is 1. The van der Waals surface area contributed by atoms with Gasteiger partial charge in [0.1, 0.15) is 11.9 Å². The van der Waals surface area contributed by atoms with E-state index in [4.69, 9.17) is 5.73 Å².